The molecule has 1 amide bonds. The van der Waals surface area contributed by atoms with Gasteiger partial charge in [-0.3, -0.25) is 4.79 Å². The van der Waals surface area contributed by atoms with Crippen LogP contribution in [-0.2, 0) is 16.0 Å². The molecule has 1 N–H and O–H groups in total. The molecule has 0 fully saturated rings. The van der Waals surface area contributed by atoms with Crippen LogP contribution in [0.4, 0.5) is 5.69 Å². The highest BCUT2D eigenvalue weighted by molar-refractivity contribution is 5.96. The number of hydrogen-bond acceptors (Lipinski definition) is 4. The molecule has 0 aliphatic heterocycles. The van der Waals surface area contributed by atoms with Crippen molar-refractivity contribution in [3.05, 3.63) is 59.2 Å². The van der Waals surface area contributed by atoms with Gasteiger partial charge in [-0.25, -0.2) is 4.79 Å². The third kappa shape index (κ3) is 4.85. The number of esters is 1. The number of aryl methyl sites for hydroxylation is 2. The zero-order chi connectivity index (χ0) is 19.1. The van der Waals surface area contributed by atoms with Gasteiger partial charge in [0.1, 0.15) is 5.75 Å². The number of ether oxygens (including phenoxy) is 2. The van der Waals surface area contributed by atoms with Gasteiger partial charge < -0.3 is 14.8 Å². The second-order valence-corrected chi connectivity index (χ2v) is 5.96. The Balaban J connectivity index is 2.05. The lowest BCUT2D eigenvalue weighted by atomic mass is 10.1. The van der Waals surface area contributed by atoms with Gasteiger partial charge in [0.15, 0.2) is 6.10 Å². The number of amides is 1. The van der Waals surface area contributed by atoms with Crippen molar-refractivity contribution in [3.63, 3.8) is 0 Å². The molecule has 0 saturated heterocycles. The van der Waals surface area contributed by atoms with Crippen molar-refractivity contribution in [2.75, 3.05) is 11.9 Å². The van der Waals surface area contributed by atoms with Crippen LogP contribution in [-0.4, -0.2) is 24.6 Å². The predicted molar refractivity (Wildman–Crippen MR) is 102 cm³/mol. The molecule has 0 aromatic heterocycles. The molecule has 2 rings (SSSR count). The van der Waals surface area contributed by atoms with Crippen LogP contribution in [0.5, 0.6) is 5.75 Å². The first kappa shape index (κ1) is 19.5. The molecule has 0 aliphatic carbocycles. The highest BCUT2D eigenvalue weighted by Crippen LogP contribution is 2.21. The first-order valence-electron chi connectivity index (χ1n) is 8.79. The molecule has 5 heteroatoms. The average molecular weight is 355 g/mol. The van der Waals surface area contributed by atoms with E-state index in [2.05, 4.69) is 5.32 Å². The maximum atomic E-state index is 12.5. The van der Waals surface area contributed by atoms with Gasteiger partial charge in [0.25, 0.3) is 5.91 Å². The maximum Gasteiger partial charge on any atom is 0.338 e. The normalized spacial score (nSPS) is 11.5. The van der Waals surface area contributed by atoms with Crippen molar-refractivity contribution in [1.29, 1.82) is 0 Å². The Morgan fingerprint density at radius 1 is 1.12 bits per heavy atom. The standard InChI is InChI=1S/C21H25NO4/c1-5-16-9-7-8-10-19(16)26-15(4)20(23)22-18-12-11-17(13-14(18)3)21(24)25-6-2/h7-13,15H,5-6H2,1-4H3,(H,22,23). The van der Waals surface area contributed by atoms with Gasteiger partial charge in [-0.05, 0) is 62.6 Å². The highest BCUT2D eigenvalue weighted by Gasteiger charge is 2.17. The summed E-state index contributed by atoms with van der Waals surface area (Å²) in [5.74, 6) is 0.0938. The molecule has 26 heavy (non-hydrogen) atoms. The molecule has 2 aromatic rings. The zero-order valence-corrected chi connectivity index (χ0v) is 15.7. The van der Waals surface area contributed by atoms with Crippen molar-refractivity contribution in [2.45, 2.75) is 40.2 Å². The van der Waals surface area contributed by atoms with E-state index in [4.69, 9.17) is 9.47 Å². The maximum absolute atomic E-state index is 12.5. The van der Waals surface area contributed by atoms with Gasteiger partial charge in [-0.2, -0.15) is 0 Å². The minimum absolute atomic E-state index is 0.247. The van der Waals surface area contributed by atoms with Gasteiger partial charge >= 0.3 is 5.97 Å². The number of carbonyl (C=O) groups is 2. The average Bonchev–Trinajstić information content (AvgIpc) is 2.63. The van der Waals surface area contributed by atoms with Crippen LogP contribution >= 0.6 is 0 Å². The molecule has 0 aliphatic rings. The summed E-state index contributed by atoms with van der Waals surface area (Å²) in [6.45, 7) is 7.67. The van der Waals surface area contributed by atoms with Gasteiger partial charge in [0, 0.05) is 5.69 Å². The summed E-state index contributed by atoms with van der Waals surface area (Å²) in [7, 11) is 0. The second kappa shape index (κ2) is 9.04. The van der Waals surface area contributed by atoms with Crippen molar-refractivity contribution >= 4 is 17.6 Å². The van der Waals surface area contributed by atoms with Crippen LogP contribution in [0, 0.1) is 6.92 Å². The van der Waals surface area contributed by atoms with E-state index in [1.807, 2.05) is 38.1 Å². The van der Waals surface area contributed by atoms with Gasteiger partial charge in [0.05, 0.1) is 12.2 Å². The Hall–Kier alpha value is -2.82. The van der Waals surface area contributed by atoms with Crippen molar-refractivity contribution in [1.82, 2.24) is 0 Å². The lowest BCUT2D eigenvalue weighted by molar-refractivity contribution is -0.122. The Morgan fingerprint density at radius 3 is 2.50 bits per heavy atom. The first-order valence-corrected chi connectivity index (χ1v) is 8.79. The fourth-order valence-corrected chi connectivity index (χ4v) is 2.53. The minimum atomic E-state index is -0.646. The third-order valence-electron chi connectivity index (χ3n) is 4.02. The van der Waals surface area contributed by atoms with Crippen LogP contribution in [0.25, 0.3) is 0 Å². The minimum Gasteiger partial charge on any atom is -0.481 e. The number of hydrogen-bond donors (Lipinski definition) is 1. The lowest BCUT2D eigenvalue weighted by Gasteiger charge is -2.17. The van der Waals surface area contributed by atoms with Gasteiger partial charge in [-0.15, -0.1) is 0 Å². The summed E-state index contributed by atoms with van der Waals surface area (Å²) < 4.78 is 10.8. The SMILES string of the molecule is CCOC(=O)c1ccc(NC(=O)C(C)Oc2ccccc2CC)c(C)c1. The first-order chi connectivity index (χ1) is 12.5. The summed E-state index contributed by atoms with van der Waals surface area (Å²) in [5, 5.41) is 2.85. The summed E-state index contributed by atoms with van der Waals surface area (Å²) in [6.07, 6.45) is 0.186. The molecular weight excluding hydrogens is 330 g/mol. The lowest BCUT2D eigenvalue weighted by Crippen LogP contribution is -2.30. The molecule has 0 saturated carbocycles. The fraction of sp³-hybridized carbons (Fsp3) is 0.333. The number of rotatable bonds is 7. The molecule has 1 atom stereocenters. The molecule has 0 spiro atoms. The van der Waals surface area contributed by atoms with Crippen LogP contribution in [0.3, 0.4) is 0 Å². The van der Waals surface area contributed by atoms with E-state index in [0.717, 1.165) is 17.5 Å². The molecule has 0 radical (unpaired) electrons. The predicted octanol–water partition coefficient (Wildman–Crippen LogP) is 4.14. The van der Waals surface area contributed by atoms with E-state index in [9.17, 15) is 9.59 Å². The van der Waals surface area contributed by atoms with Crippen LogP contribution < -0.4 is 10.1 Å². The van der Waals surface area contributed by atoms with E-state index >= 15 is 0 Å². The van der Waals surface area contributed by atoms with Crippen LogP contribution in [0.1, 0.15) is 42.3 Å². The van der Waals surface area contributed by atoms with E-state index in [0.29, 0.717) is 23.6 Å². The Kier molecular flexibility index (Phi) is 6.78. The number of nitrogens with one attached hydrogen (secondary N) is 1. The van der Waals surface area contributed by atoms with Crippen molar-refractivity contribution in [3.8, 4) is 5.75 Å². The molecule has 2 aromatic carbocycles. The Labute approximate surface area is 154 Å². The van der Waals surface area contributed by atoms with Crippen molar-refractivity contribution < 1.29 is 19.1 Å². The number of anilines is 1. The fourth-order valence-electron chi connectivity index (χ4n) is 2.53. The molecule has 5 nitrogen and oxygen atoms in total. The summed E-state index contributed by atoms with van der Waals surface area (Å²) >= 11 is 0. The van der Waals surface area contributed by atoms with Gasteiger partial charge in [-0.1, -0.05) is 25.1 Å². The highest BCUT2D eigenvalue weighted by atomic mass is 16.5. The summed E-state index contributed by atoms with van der Waals surface area (Å²) in [6, 6.07) is 12.7. The van der Waals surface area contributed by atoms with E-state index in [1.54, 1.807) is 32.0 Å². The van der Waals surface area contributed by atoms with Crippen LogP contribution in [0.2, 0.25) is 0 Å². The van der Waals surface area contributed by atoms with Crippen LogP contribution in [0.15, 0.2) is 42.5 Å². The van der Waals surface area contributed by atoms with E-state index in [-0.39, 0.29) is 11.9 Å². The monoisotopic (exact) mass is 355 g/mol. The molecule has 138 valence electrons. The van der Waals surface area contributed by atoms with Crippen molar-refractivity contribution in [2.24, 2.45) is 0 Å². The van der Waals surface area contributed by atoms with Gasteiger partial charge in [0.2, 0.25) is 0 Å². The summed E-state index contributed by atoms with van der Waals surface area (Å²) in [5.41, 5.74) is 2.94. The second-order valence-electron chi connectivity index (χ2n) is 5.96. The largest absolute Gasteiger partial charge is 0.481 e. The molecular formula is C21H25NO4. The van der Waals surface area contributed by atoms with E-state index in [1.165, 1.54) is 0 Å². The third-order valence-corrected chi connectivity index (χ3v) is 4.02. The molecule has 0 bridgehead atoms. The number of carbonyl (C=O) groups excluding carboxylic acids is 2. The van der Waals surface area contributed by atoms with E-state index < -0.39 is 6.10 Å². The topological polar surface area (TPSA) is 64.6 Å². The quantitative estimate of drug-likeness (QED) is 0.758. The smallest absolute Gasteiger partial charge is 0.338 e. The molecule has 1 unspecified atom stereocenters. The summed E-state index contributed by atoms with van der Waals surface area (Å²) in [4.78, 5) is 24.2. The Morgan fingerprint density at radius 2 is 1.85 bits per heavy atom. The number of benzene rings is 2. The number of para-hydroxylation sites is 1. The molecule has 0 heterocycles. The zero-order valence-electron chi connectivity index (χ0n) is 15.7. The Bertz CT molecular complexity index is 785.